The molecule has 0 spiro atoms. The first-order valence-electron chi connectivity index (χ1n) is 7.80. The van der Waals surface area contributed by atoms with E-state index in [1.807, 2.05) is 31.2 Å². The van der Waals surface area contributed by atoms with Crippen LogP contribution in [0.25, 0.3) is 11.3 Å². The van der Waals surface area contributed by atoms with Crippen LogP contribution in [0.4, 0.5) is 5.82 Å². The SMILES string of the molecule is CCCOc1ccc(-c2nonc2NC(=O)c2cccc(Cl)c2)cc1. The minimum absolute atomic E-state index is 0.243. The highest BCUT2D eigenvalue weighted by molar-refractivity contribution is 6.31. The van der Waals surface area contributed by atoms with Gasteiger partial charge in [-0.3, -0.25) is 4.79 Å². The molecule has 6 nitrogen and oxygen atoms in total. The number of amides is 1. The minimum atomic E-state index is -0.345. The number of anilines is 1. The van der Waals surface area contributed by atoms with Gasteiger partial charge in [0, 0.05) is 16.1 Å². The minimum Gasteiger partial charge on any atom is -0.494 e. The summed E-state index contributed by atoms with van der Waals surface area (Å²) in [4.78, 5) is 12.3. The molecule has 1 amide bonds. The number of hydrogen-bond acceptors (Lipinski definition) is 5. The quantitative estimate of drug-likeness (QED) is 0.706. The molecule has 0 bridgehead atoms. The molecule has 0 aliphatic carbocycles. The van der Waals surface area contributed by atoms with E-state index in [4.69, 9.17) is 21.0 Å². The molecule has 0 aliphatic heterocycles. The number of nitrogens with one attached hydrogen (secondary N) is 1. The predicted molar refractivity (Wildman–Crippen MR) is 94.9 cm³/mol. The third-order valence-corrected chi connectivity index (χ3v) is 3.64. The van der Waals surface area contributed by atoms with Crippen LogP contribution in [0.3, 0.4) is 0 Å². The third-order valence-electron chi connectivity index (χ3n) is 3.41. The van der Waals surface area contributed by atoms with E-state index in [2.05, 4.69) is 15.6 Å². The van der Waals surface area contributed by atoms with Gasteiger partial charge >= 0.3 is 0 Å². The lowest BCUT2D eigenvalue weighted by Crippen LogP contribution is -2.12. The van der Waals surface area contributed by atoms with Crippen LogP contribution in [0.2, 0.25) is 5.02 Å². The Bertz CT molecular complexity index is 862. The second-order valence-electron chi connectivity index (χ2n) is 5.30. The van der Waals surface area contributed by atoms with Crippen molar-refractivity contribution < 1.29 is 14.2 Å². The summed E-state index contributed by atoms with van der Waals surface area (Å²) in [6.45, 7) is 2.70. The normalized spacial score (nSPS) is 10.5. The van der Waals surface area contributed by atoms with E-state index in [-0.39, 0.29) is 11.7 Å². The van der Waals surface area contributed by atoms with Crippen LogP contribution in [0.1, 0.15) is 23.7 Å². The monoisotopic (exact) mass is 357 g/mol. The van der Waals surface area contributed by atoms with Crippen LogP contribution < -0.4 is 10.1 Å². The molecule has 0 saturated heterocycles. The lowest BCUT2D eigenvalue weighted by molar-refractivity contribution is 0.102. The molecule has 25 heavy (non-hydrogen) atoms. The largest absolute Gasteiger partial charge is 0.494 e. The average molecular weight is 358 g/mol. The molecule has 3 aromatic rings. The third kappa shape index (κ3) is 4.16. The number of ether oxygens (including phenoxy) is 1. The highest BCUT2D eigenvalue weighted by Crippen LogP contribution is 2.26. The molecular weight excluding hydrogens is 342 g/mol. The molecule has 2 aromatic carbocycles. The van der Waals surface area contributed by atoms with Crippen molar-refractivity contribution in [2.45, 2.75) is 13.3 Å². The van der Waals surface area contributed by atoms with Gasteiger partial charge in [0.25, 0.3) is 5.91 Å². The van der Waals surface area contributed by atoms with Crippen molar-refractivity contribution in [3.8, 4) is 17.0 Å². The van der Waals surface area contributed by atoms with Crippen molar-refractivity contribution in [2.75, 3.05) is 11.9 Å². The zero-order valence-corrected chi connectivity index (χ0v) is 14.3. The van der Waals surface area contributed by atoms with Gasteiger partial charge in [-0.2, -0.15) is 0 Å². The number of aromatic nitrogens is 2. The van der Waals surface area contributed by atoms with E-state index in [1.165, 1.54) is 0 Å². The van der Waals surface area contributed by atoms with Crippen LogP contribution in [-0.4, -0.2) is 22.8 Å². The number of rotatable bonds is 6. The molecule has 0 radical (unpaired) electrons. The summed E-state index contributed by atoms with van der Waals surface area (Å²) >= 11 is 5.91. The van der Waals surface area contributed by atoms with Crippen molar-refractivity contribution >= 4 is 23.3 Å². The lowest BCUT2D eigenvalue weighted by Gasteiger charge is -2.06. The Labute approximate surface area is 149 Å². The Morgan fingerprint density at radius 3 is 2.72 bits per heavy atom. The van der Waals surface area contributed by atoms with Crippen molar-refractivity contribution in [1.29, 1.82) is 0 Å². The summed E-state index contributed by atoms with van der Waals surface area (Å²) in [5.41, 5.74) is 1.62. The summed E-state index contributed by atoms with van der Waals surface area (Å²) in [7, 11) is 0. The number of carbonyl (C=O) groups is 1. The molecule has 1 heterocycles. The number of halogens is 1. The van der Waals surface area contributed by atoms with Crippen LogP contribution in [-0.2, 0) is 0 Å². The van der Waals surface area contributed by atoms with Gasteiger partial charge in [0.15, 0.2) is 5.69 Å². The van der Waals surface area contributed by atoms with E-state index in [1.54, 1.807) is 24.3 Å². The summed E-state index contributed by atoms with van der Waals surface area (Å²) in [6, 6.07) is 14.0. The standard InChI is InChI=1S/C18H16ClN3O3/c1-2-10-24-15-8-6-12(7-9-15)16-17(22-25-21-16)20-18(23)13-4-3-5-14(19)11-13/h3-9,11H,2,10H2,1H3,(H,20,22,23). The Balaban J connectivity index is 1.77. The van der Waals surface area contributed by atoms with E-state index >= 15 is 0 Å². The molecule has 128 valence electrons. The number of hydrogen-bond donors (Lipinski definition) is 1. The Morgan fingerprint density at radius 2 is 2.00 bits per heavy atom. The fourth-order valence-electron chi connectivity index (χ4n) is 2.20. The first-order valence-corrected chi connectivity index (χ1v) is 8.18. The zero-order valence-electron chi connectivity index (χ0n) is 13.5. The van der Waals surface area contributed by atoms with E-state index in [0.717, 1.165) is 17.7 Å². The summed E-state index contributed by atoms with van der Waals surface area (Å²) in [5.74, 6) is 0.668. The smallest absolute Gasteiger partial charge is 0.257 e. The van der Waals surface area contributed by atoms with Gasteiger partial charge in [-0.25, -0.2) is 4.63 Å². The summed E-state index contributed by atoms with van der Waals surface area (Å²) in [6.07, 6.45) is 0.939. The highest BCUT2D eigenvalue weighted by atomic mass is 35.5. The molecule has 0 fully saturated rings. The number of benzene rings is 2. The van der Waals surface area contributed by atoms with Gasteiger partial charge in [0.2, 0.25) is 5.82 Å². The maximum atomic E-state index is 12.3. The molecule has 7 heteroatoms. The molecule has 1 aromatic heterocycles. The van der Waals surface area contributed by atoms with Gasteiger partial charge in [-0.15, -0.1) is 0 Å². The predicted octanol–water partition coefficient (Wildman–Crippen LogP) is 4.43. The van der Waals surface area contributed by atoms with Crippen LogP contribution >= 0.6 is 11.6 Å². The van der Waals surface area contributed by atoms with Crippen LogP contribution in [0.5, 0.6) is 5.75 Å². The Kier molecular flexibility index (Phi) is 5.30. The van der Waals surface area contributed by atoms with Gasteiger partial charge in [-0.05, 0) is 59.2 Å². The second kappa shape index (κ2) is 7.81. The fourth-order valence-corrected chi connectivity index (χ4v) is 2.39. The van der Waals surface area contributed by atoms with E-state index in [0.29, 0.717) is 22.9 Å². The average Bonchev–Trinajstić information content (AvgIpc) is 3.08. The van der Waals surface area contributed by atoms with Gasteiger partial charge in [-0.1, -0.05) is 24.6 Å². The zero-order chi connectivity index (χ0) is 17.6. The van der Waals surface area contributed by atoms with Crippen molar-refractivity contribution in [3.63, 3.8) is 0 Å². The summed E-state index contributed by atoms with van der Waals surface area (Å²) < 4.78 is 10.3. The van der Waals surface area contributed by atoms with Crippen LogP contribution in [0, 0.1) is 0 Å². The number of nitrogens with zero attached hydrogens (tertiary/aromatic N) is 2. The van der Waals surface area contributed by atoms with Gasteiger partial charge < -0.3 is 10.1 Å². The molecule has 0 aliphatic rings. The fraction of sp³-hybridized carbons (Fsp3) is 0.167. The molecule has 0 saturated carbocycles. The first-order chi connectivity index (χ1) is 12.2. The maximum Gasteiger partial charge on any atom is 0.257 e. The van der Waals surface area contributed by atoms with Crippen molar-refractivity contribution in [1.82, 2.24) is 10.3 Å². The molecule has 0 unspecified atom stereocenters. The van der Waals surface area contributed by atoms with E-state index < -0.39 is 0 Å². The Morgan fingerprint density at radius 1 is 1.20 bits per heavy atom. The van der Waals surface area contributed by atoms with E-state index in [9.17, 15) is 4.79 Å². The second-order valence-corrected chi connectivity index (χ2v) is 5.74. The maximum absolute atomic E-state index is 12.3. The molecule has 0 atom stereocenters. The van der Waals surface area contributed by atoms with Crippen molar-refractivity contribution in [2.24, 2.45) is 0 Å². The molecular formula is C18H16ClN3O3. The summed E-state index contributed by atoms with van der Waals surface area (Å²) in [5, 5.41) is 10.8. The molecule has 3 rings (SSSR count). The first kappa shape index (κ1) is 17.0. The highest BCUT2D eigenvalue weighted by Gasteiger charge is 2.16. The molecule has 1 N–H and O–H groups in total. The Hall–Kier alpha value is -2.86. The topological polar surface area (TPSA) is 77.2 Å². The lowest BCUT2D eigenvalue weighted by atomic mass is 10.1. The van der Waals surface area contributed by atoms with Gasteiger partial charge in [0.1, 0.15) is 5.75 Å². The van der Waals surface area contributed by atoms with Crippen molar-refractivity contribution in [3.05, 3.63) is 59.1 Å². The van der Waals surface area contributed by atoms with Crippen LogP contribution in [0.15, 0.2) is 53.2 Å². The number of carbonyl (C=O) groups excluding carboxylic acids is 1. The van der Waals surface area contributed by atoms with Gasteiger partial charge in [0.05, 0.1) is 6.61 Å².